The van der Waals surface area contributed by atoms with Crippen LogP contribution in [0.15, 0.2) is 81.5 Å². The van der Waals surface area contributed by atoms with E-state index >= 15 is 0 Å². The number of carbonyl (C=O) groups is 1. The molecule has 1 amide bonds. The van der Waals surface area contributed by atoms with Crippen LogP contribution < -0.4 is 14.7 Å². The monoisotopic (exact) mass is 580 g/mol. The molecule has 194 valence electrons. The number of carbonyl (C=O) groups excluding carboxylic acids is 1. The Morgan fingerprint density at radius 2 is 1.76 bits per heavy atom. The van der Waals surface area contributed by atoms with Crippen LogP contribution in [0.2, 0.25) is 5.02 Å². The number of nitrogens with zero attached hydrogens (tertiary/aromatic N) is 2. The summed E-state index contributed by atoms with van der Waals surface area (Å²) in [5.41, 5.74) is 0.986. The van der Waals surface area contributed by atoms with Crippen molar-refractivity contribution in [1.29, 1.82) is 0 Å². The Morgan fingerprint density at radius 1 is 1.05 bits per heavy atom. The number of thiazole rings is 1. The summed E-state index contributed by atoms with van der Waals surface area (Å²) in [6, 6.07) is 16.0. The average molecular weight is 581 g/mol. The van der Waals surface area contributed by atoms with Crippen LogP contribution in [0, 0.1) is 0 Å². The van der Waals surface area contributed by atoms with Crippen molar-refractivity contribution in [2.24, 2.45) is 10.1 Å². The molecule has 4 rings (SSSR count). The molecule has 14 heteroatoms. The number of rotatable bonds is 8. The van der Waals surface area contributed by atoms with Gasteiger partial charge in [0.15, 0.2) is 4.80 Å². The molecule has 0 fully saturated rings. The number of methoxy groups -OCH3 is 1. The van der Waals surface area contributed by atoms with Crippen LogP contribution in [0.4, 0.5) is 5.69 Å². The number of halogens is 1. The predicted octanol–water partition coefficient (Wildman–Crippen LogP) is 3.19. The van der Waals surface area contributed by atoms with Crippen molar-refractivity contribution >= 4 is 64.8 Å². The smallest absolute Gasteiger partial charge is 0.279 e. The number of anilines is 1. The number of ether oxygens (including phenoxy) is 1. The Kier molecular flexibility index (Phi) is 7.83. The first-order chi connectivity index (χ1) is 17.5. The Labute approximate surface area is 222 Å². The minimum Gasteiger partial charge on any atom is -0.383 e. The van der Waals surface area contributed by atoms with Gasteiger partial charge in [0.05, 0.1) is 26.6 Å². The molecule has 0 saturated carbocycles. The van der Waals surface area contributed by atoms with Crippen molar-refractivity contribution in [3.63, 3.8) is 0 Å². The number of nitrogens with two attached hydrogens (primary N) is 1. The number of hydrogen-bond donors (Lipinski definition) is 2. The first kappa shape index (κ1) is 27.0. The van der Waals surface area contributed by atoms with E-state index in [4.69, 9.17) is 21.5 Å². The fourth-order valence-electron chi connectivity index (χ4n) is 3.41. The van der Waals surface area contributed by atoms with Crippen LogP contribution in [0.5, 0.6) is 0 Å². The van der Waals surface area contributed by atoms with E-state index in [1.165, 1.54) is 67.8 Å². The molecule has 0 bridgehead atoms. The topological polar surface area (TPSA) is 150 Å². The van der Waals surface area contributed by atoms with E-state index < -0.39 is 26.0 Å². The van der Waals surface area contributed by atoms with E-state index in [0.29, 0.717) is 33.2 Å². The summed E-state index contributed by atoms with van der Waals surface area (Å²) >= 11 is 6.95. The molecule has 1 heterocycles. The second-order valence-electron chi connectivity index (χ2n) is 7.76. The lowest BCUT2D eigenvalue weighted by Crippen LogP contribution is -2.19. The largest absolute Gasteiger partial charge is 0.383 e. The minimum atomic E-state index is -3.91. The van der Waals surface area contributed by atoms with Crippen LogP contribution in [0.3, 0.4) is 0 Å². The number of amides is 1. The Hall–Kier alpha value is -3.07. The van der Waals surface area contributed by atoms with Gasteiger partial charge in [-0.05, 0) is 60.7 Å². The first-order valence-electron chi connectivity index (χ1n) is 10.6. The molecule has 0 atom stereocenters. The number of benzene rings is 3. The van der Waals surface area contributed by atoms with Gasteiger partial charge in [0, 0.05) is 29.9 Å². The molecular formula is C23H21ClN4O6S3. The van der Waals surface area contributed by atoms with E-state index in [9.17, 15) is 21.6 Å². The maximum absolute atomic E-state index is 13.1. The quantitative estimate of drug-likeness (QED) is 0.327. The maximum atomic E-state index is 13.1. The van der Waals surface area contributed by atoms with Gasteiger partial charge in [-0.15, -0.1) is 0 Å². The highest BCUT2D eigenvalue weighted by atomic mass is 35.5. The van der Waals surface area contributed by atoms with Gasteiger partial charge in [0.25, 0.3) is 15.9 Å². The number of sulfonamides is 2. The first-order valence-corrected chi connectivity index (χ1v) is 14.8. The second kappa shape index (κ2) is 10.7. The van der Waals surface area contributed by atoms with Crippen LogP contribution in [0.1, 0.15) is 10.4 Å². The van der Waals surface area contributed by atoms with Gasteiger partial charge in [-0.25, -0.2) is 22.0 Å². The SMILES string of the molecule is COCCn1c(=NC(=O)c2cccc(NS(=O)(=O)c3ccc(Cl)cc3)c2)sc2cc(S(N)(=O)=O)ccc21. The van der Waals surface area contributed by atoms with E-state index in [1.807, 2.05) is 0 Å². The average Bonchev–Trinajstić information content (AvgIpc) is 3.18. The zero-order chi connectivity index (χ0) is 26.8. The lowest BCUT2D eigenvalue weighted by Gasteiger charge is -2.09. The highest BCUT2D eigenvalue weighted by Crippen LogP contribution is 2.22. The van der Waals surface area contributed by atoms with E-state index in [2.05, 4.69) is 9.71 Å². The normalized spacial score (nSPS) is 12.7. The predicted molar refractivity (Wildman–Crippen MR) is 142 cm³/mol. The molecule has 0 aliphatic heterocycles. The van der Waals surface area contributed by atoms with Crippen molar-refractivity contribution in [3.8, 4) is 0 Å². The zero-order valence-electron chi connectivity index (χ0n) is 19.3. The van der Waals surface area contributed by atoms with Crippen molar-refractivity contribution in [1.82, 2.24) is 4.57 Å². The van der Waals surface area contributed by atoms with Crippen molar-refractivity contribution < 1.29 is 26.4 Å². The van der Waals surface area contributed by atoms with Crippen LogP contribution in [0.25, 0.3) is 10.2 Å². The van der Waals surface area contributed by atoms with Gasteiger partial charge in [0.1, 0.15) is 0 Å². The molecule has 0 unspecified atom stereocenters. The van der Waals surface area contributed by atoms with E-state index in [1.54, 1.807) is 10.6 Å². The molecule has 3 aromatic carbocycles. The molecule has 0 radical (unpaired) electrons. The molecule has 1 aromatic heterocycles. The number of fused-ring (bicyclic) bond motifs is 1. The van der Waals surface area contributed by atoms with Crippen LogP contribution >= 0.6 is 22.9 Å². The summed E-state index contributed by atoms with van der Waals surface area (Å²) in [6.45, 7) is 0.685. The lowest BCUT2D eigenvalue weighted by atomic mass is 10.2. The van der Waals surface area contributed by atoms with Gasteiger partial charge in [0.2, 0.25) is 10.0 Å². The summed E-state index contributed by atoms with van der Waals surface area (Å²) in [5.74, 6) is -0.614. The molecule has 0 aliphatic carbocycles. The Balaban J connectivity index is 1.70. The third-order valence-corrected chi connectivity index (χ3v) is 8.79. The molecule has 37 heavy (non-hydrogen) atoms. The molecule has 0 spiro atoms. The van der Waals surface area contributed by atoms with Gasteiger partial charge >= 0.3 is 0 Å². The van der Waals surface area contributed by atoms with Gasteiger partial charge in [-0.1, -0.05) is 29.0 Å². The van der Waals surface area contributed by atoms with Gasteiger partial charge in [-0.3, -0.25) is 9.52 Å². The molecule has 0 aliphatic rings. The number of aromatic nitrogens is 1. The highest BCUT2D eigenvalue weighted by molar-refractivity contribution is 7.92. The van der Waals surface area contributed by atoms with Crippen molar-refractivity contribution in [3.05, 3.63) is 82.1 Å². The fourth-order valence-corrected chi connectivity index (χ4v) is 6.29. The maximum Gasteiger partial charge on any atom is 0.279 e. The summed E-state index contributed by atoms with van der Waals surface area (Å²) in [5, 5.41) is 5.65. The van der Waals surface area contributed by atoms with Crippen molar-refractivity contribution in [2.45, 2.75) is 16.3 Å². The van der Waals surface area contributed by atoms with Gasteiger partial charge < -0.3 is 9.30 Å². The van der Waals surface area contributed by atoms with Crippen LogP contribution in [-0.4, -0.2) is 41.0 Å². The Morgan fingerprint density at radius 3 is 2.43 bits per heavy atom. The summed E-state index contributed by atoms with van der Waals surface area (Å²) < 4.78 is 58.8. The molecule has 4 aromatic rings. The molecule has 3 N–H and O–H groups in total. The fraction of sp³-hybridized carbons (Fsp3) is 0.130. The summed E-state index contributed by atoms with van der Waals surface area (Å²) in [7, 11) is -6.28. The number of hydrogen-bond acceptors (Lipinski definition) is 7. The van der Waals surface area contributed by atoms with E-state index in [-0.39, 0.29) is 21.0 Å². The minimum absolute atomic E-state index is 0.0154. The summed E-state index contributed by atoms with van der Waals surface area (Å²) in [6.07, 6.45) is 0. The number of nitrogens with one attached hydrogen (secondary N) is 1. The molecule has 0 saturated heterocycles. The van der Waals surface area contributed by atoms with Gasteiger partial charge in [-0.2, -0.15) is 4.99 Å². The van der Waals surface area contributed by atoms with Crippen LogP contribution in [-0.2, 0) is 31.3 Å². The standard InChI is InChI=1S/C23H21ClN4O6S3/c1-34-12-11-28-20-10-9-19(36(25,30)31)14-21(20)35-23(28)26-22(29)15-3-2-4-17(13-15)27-37(32,33)18-7-5-16(24)6-8-18/h2-10,13-14,27H,11-12H2,1H3,(H2,25,30,31). The molecule has 10 nitrogen and oxygen atoms in total. The zero-order valence-corrected chi connectivity index (χ0v) is 22.5. The second-order valence-corrected chi connectivity index (χ2v) is 12.5. The number of primary sulfonamides is 1. The Bertz CT molecular complexity index is 1760. The lowest BCUT2D eigenvalue weighted by molar-refractivity contribution is 0.0997. The summed E-state index contributed by atoms with van der Waals surface area (Å²) in [4.78, 5) is 17.6. The molecular weight excluding hydrogens is 560 g/mol. The van der Waals surface area contributed by atoms with E-state index in [0.717, 1.165) is 11.3 Å². The third-order valence-electron chi connectivity index (χ3n) is 5.18. The van der Waals surface area contributed by atoms with Crippen molar-refractivity contribution in [2.75, 3.05) is 18.4 Å². The third kappa shape index (κ3) is 6.26. The highest BCUT2D eigenvalue weighted by Gasteiger charge is 2.16.